The molecule has 1 amide bonds. The molecule has 0 N–H and O–H groups in total. The van der Waals surface area contributed by atoms with Crippen molar-refractivity contribution in [3.05, 3.63) is 131 Å². The number of pyridine rings is 1. The van der Waals surface area contributed by atoms with E-state index in [0.717, 1.165) is 41.1 Å². The molecule has 3 aliphatic heterocycles. The number of benzene rings is 3. The van der Waals surface area contributed by atoms with E-state index in [9.17, 15) is 10.3 Å². The van der Waals surface area contributed by atoms with Gasteiger partial charge in [0.05, 0.1) is 24.4 Å². The maximum atomic E-state index is 13.8. The molecule has 4 atom stereocenters. The highest BCUT2D eigenvalue weighted by molar-refractivity contribution is 6.99. The molecule has 11 heteroatoms. The van der Waals surface area contributed by atoms with Crippen LogP contribution in [0.3, 0.4) is 0 Å². The van der Waals surface area contributed by atoms with Crippen LogP contribution in [0.25, 0.3) is 16.1 Å². The first-order valence-corrected chi connectivity index (χ1v) is 20.0. The van der Waals surface area contributed by atoms with Crippen molar-refractivity contribution in [3.63, 3.8) is 0 Å². The van der Waals surface area contributed by atoms with E-state index < -0.39 is 31.2 Å². The number of nitrogens with zero attached hydrogens (tertiary/aromatic N) is 7. The Hall–Kier alpha value is -4.80. The van der Waals surface area contributed by atoms with Crippen LogP contribution < -0.4 is 15.3 Å². The number of carbonyl (C=O) groups is 1. The average Bonchev–Trinajstić information content (AvgIpc) is 3.92. The number of anilines is 1. The minimum Gasteiger partial charge on any atom is -0.407 e. The summed E-state index contributed by atoms with van der Waals surface area (Å²) in [6.07, 6.45) is 3.57. The normalized spacial score (nSPS) is 25.6. The summed E-state index contributed by atoms with van der Waals surface area (Å²) >= 11 is 0. The molecular formula is C41H45N7O3Si. The standard InChI is InChI=1S/C41H45N7O3Si/c1-29-23-31(47-22-21-39(5,26-47)30-15-9-6-10-16-30)24-48-35(29)43-37(45-48)41-25-40(27-50-41,34(41)36(49)44-46-42)28-51-52(38(2,3)4,32-17-11-7-12-18-32)33-19-13-8-14-20-33/h6-20,23-24,34H,21-22,25-28H2,1-5H3/t34?,39-,40?,41?/m0/s1. The number of rotatable bonds is 9. The number of carbonyl (C=O) groups excluding carboxylic acids is 1. The van der Waals surface area contributed by atoms with E-state index in [-0.39, 0.29) is 23.7 Å². The molecule has 5 aromatic rings. The molecule has 3 aromatic carbocycles. The SMILES string of the molecule is Cc1cc(N2CC[C@](C)(c3ccccc3)C2)cn2nc(C34CC(CO[Si](c5ccccc5)(c5ccccc5)C(C)(C)C)(CO3)C4C(=O)N=[N+]=[N-])nc12. The van der Waals surface area contributed by atoms with E-state index in [4.69, 9.17) is 19.2 Å². The summed E-state index contributed by atoms with van der Waals surface area (Å²) in [4.78, 5) is 24.1. The van der Waals surface area contributed by atoms with Gasteiger partial charge in [0.25, 0.3) is 8.32 Å². The third-order valence-electron chi connectivity index (χ3n) is 12.0. The highest BCUT2D eigenvalue weighted by Gasteiger charge is 2.75. The number of hydrogen-bond donors (Lipinski definition) is 0. The molecule has 1 saturated carbocycles. The molecule has 266 valence electrons. The maximum Gasteiger partial charge on any atom is 0.261 e. The number of fused-ring (bicyclic) bond motifs is 2. The van der Waals surface area contributed by atoms with Crippen LogP contribution in [0.5, 0.6) is 0 Å². The second kappa shape index (κ2) is 12.4. The average molecular weight is 712 g/mol. The van der Waals surface area contributed by atoms with Gasteiger partial charge in [0.2, 0.25) is 5.91 Å². The molecule has 4 aliphatic rings. The fourth-order valence-corrected chi connectivity index (χ4v) is 14.1. The predicted octanol–water partition coefficient (Wildman–Crippen LogP) is 6.85. The molecule has 0 radical (unpaired) electrons. The van der Waals surface area contributed by atoms with Gasteiger partial charge in [-0.05, 0) is 63.0 Å². The van der Waals surface area contributed by atoms with E-state index in [1.165, 1.54) is 5.56 Å². The van der Waals surface area contributed by atoms with Crippen LogP contribution >= 0.6 is 0 Å². The number of aromatic nitrogens is 3. The Labute approximate surface area is 305 Å². The first-order valence-electron chi connectivity index (χ1n) is 18.1. The summed E-state index contributed by atoms with van der Waals surface area (Å²) < 4.78 is 15.8. The van der Waals surface area contributed by atoms with Gasteiger partial charge in [-0.2, -0.15) is 0 Å². The lowest BCUT2D eigenvalue weighted by Gasteiger charge is -2.52. The second-order valence-electron chi connectivity index (χ2n) is 16.3. The minimum absolute atomic E-state index is 0.0505. The Balaban J connectivity index is 1.13. The van der Waals surface area contributed by atoms with Crippen LogP contribution in [0.1, 0.15) is 57.5 Å². The zero-order valence-electron chi connectivity index (χ0n) is 30.5. The lowest BCUT2D eigenvalue weighted by molar-refractivity contribution is -0.152. The maximum absolute atomic E-state index is 13.8. The fourth-order valence-electron chi connectivity index (χ4n) is 9.40. The Morgan fingerprint density at radius 3 is 2.29 bits per heavy atom. The predicted molar refractivity (Wildman–Crippen MR) is 204 cm³/mol. The Morgan fingerprint density at radius 2 is 1.67 bits per heavy atom. The molecule has 3 saturated heterocycles. The first kappa shape index (κ1) is 34.3. The van der Waals surface area contributed by atoms with Crippen molar-refractivity contribution in [3.8, 4) is 0 Å². The number of hydrogen-bond acceptors (Lipinski definition) is 6. The van der Waals surface area contributed by atoms with Gasteiger partial charge in [-0.3, -0.25) is 4.79 Å². The fraction of sp³-hybridized carbons (Fsp3) is 0.390. The molecule has 5 heterocycles. The van der Waals surface area contributed by atoms with E-state index in [0.29, 0.717) is 17.9 Å². The van der Waals surface area contributed by atoms with Crippen molar-refractivity contribution in [1.82, 2.24) is 14.6 Å². The van der Waals surface area contributed by atoms with Crippen molar-refractivity contribution >= 4 is 35.9 Å². The largest absolute Gasteiger partial charge is 0.407 e. The van der Waals surface area contributed by atoms with Crippen LogP contribution in [0.15, 0.2) is 108 Å². The van der Waals surface area contributed by atoms with Crippen LogP contribution in [-0.4, -0.2) is 55.1 Å². The summed E-state index contributed by atoms with van der Waals surface area (Å²) in [7, 11) is -2.92. The smallest absolute Gasteiger partial charge is 0.261 e. The minimum atomic E-state index is -2.92. The molecule has 1 aliphatic carbocycles. The van der Waals surface area contributed by atoms with Gasteiger partial charge in [0.1, 0.15) is 5.60 Å². The summed E-state index contributed by atoms with van der Waals surface area (Å²) in [5.41, 5.74) is 11.8. The van der Waals surface area contributed by atoms with Gasteiger partial charge in [0.15, 0.2) is 11.5 Å². The topological polar surface area (TPSA) is 118 Å². The van der Waals surface area contributed by atoms with Crippen LogP contribution in [0.2, 0.25) is 5.04 Å². The third kappa shape index (κ3) is 5.21. The monoisotopic (exact) mass is 711 g/mol. The van der Waals surface area contributed by atoms with E-state index in [1.54, 1.807) is 0 Å². The lowest BCUT2D eigenvalue weighted by Crippen LogP contribution is -2.68. The van der Waals surface area contributed by atoms with Crippen molar-refractivity contribution < 1.29 is 14.0 Å². The zero-order valence-corrected chi connectivity index (χ0v) is 31.5. The molecule has 2 aromatic heterocycles. The van der Waals surface area contributed by atoms with E-state index >= 15 is 0 Å². The summed E-state index contributed by atoms with van der Waals surface area (Å²) in [5, 5.41) is 10.7. The molecule has 3 unspecified atom stereocenters. The molecule has 4 fully saturated rings. The Bertz CT molecular complexity index is 2140. The molecule has 52 heavy (non-hydrogen) atoms. The number of azide groups is 1. The van der Waals surface area contributed by atoms with Crippen molar-refractivity contribution in [2.45, 2.75) is 63.5 Å². The molecule has 2 bridgehead atoms. The van der Waals surface area contributed by atoms with Gasteiger partial charge in [0, 0.05) is 35.4 Å². The zero-order chi connectivity index (χ0) is 36.4. The highest BCUT2D eigenvalue weighted by atomic mass is 28.4. The van der Waals surface area contributed by atoms with Crippen molar-refractivity contribution in [2.24, 2.45) is 16.4 Å². The number of amides is 1. The number of aryl methyl sites for hydroxylation is 1. The molecular weight excluding hydrogens is 667 g/mol. The quantitative estimate of drug-likeness (QED) is 0.0715. The summed E-state index contributed by atoms with van der Waals surface area (Å²) in [6, 6.07) is 33.8. The Kier molecular flexibility index (Phi) is 8.18. The van der Waals surface area contributed by atoms with E-state index in [2.05, 4.69) is 128 Å². The molecule has 9 rings (SSSR count). The van der Waals surface area contributed by atoms with Gasteiger partial charge in [-0.25, -0.2) is 9.50 Å². The van der Waals surface area contributed by atoms with Gasteiger partial charge in [-0.1, -0.05) is 119 Å². The lowest BCUT2D eigenvalue weighted by atomic mass is 9.53. The van der Waals surface area contributed by atoms with Crippen LogP contribution in [-0.2, 0) is 25.0 Å². The summed E-state index contributed by atoms with van der Waals surface area (Å²) in [6.45, 7) is 13.4. The second-order valence-corrected chi connectivity index (χ2v) is 20.6. The van der Waals surface area contributed by atoms with Gasteiger partial charge in [-0.15, -0.1) is 5.10 Å². The van der Waals surface area contributed by atoms with E-state index in [1.807, 2.05) is 29.8 Å². The van der Waals surface area contributed by atoms with Crippen LogP contribution in [0.4, 0.5) is 5.69 Å². The van der Waals surface area contributed by atoms with Crippen molar-refractivity contribution in [2.75, 3.05) is 31.2 Å². The third-order valence-corrected chi connectivity index (χ3v) is 17.0. The van der Waals surface area contributed by atoms with Gasteiger partial charge >= 0.3 is 0 Å². The van der Waals surface area contributed by atoms with Crippen LogP contribution in [0, 0.1) is 18.3 Å². The first-order chi connectivity index (χ1) is 24.9. The van der Waals surface area contributed by atoms with Gasteiger partial charge < -0.3 is 14.1 Å². The van der Waals surface area contributed by atoms with Crippen molar-refractivity contribution in [1.29, 1.82) is 0 Å². The molecule has 10 nitrogen and oxygen atoms in total. The molecule has 0 spiro atoms. The summed E-state index contributed by atoms with van der Waals surface area (Å²) in [5.74, 6) is -0.907. The number of ether oxygens (including phenoxy) is 1. The highest BCUT2D eigenvalue weighted by Crippen LogP contribution is 2.67. The Morgan fingerprint density at radius 1 is 1.04 bits per heavy atom.